The first-order valence-electron chi connectivity index (χ1n) is 9.80. The summed E-state index contributed by atoms with van der Waals surface area (Å²) in [5, 5.41) is 6.53. The van der Waals surface area contributed by atoms with Gasteiger partial charge in [-0.15, -0.1) is 0 Å². The number of anilines is 2. The van der Waals surface area contributed by atoms with Crippen molar-refractivity contribution in [2.75, 3.05) is 37.4 Å². The highest BCUT2D eigenvalue weighted by Crippen LogP contribution is 2.25. The molecule has 10 heteroatoms. The third kappa shape index (κ3) is 5.67. The van der Waals surface area contributed by atoms with Crippen LogP contribution in [0.15, 0.2) is 65.8 Å². The predicted molar refractivity (Wildman–Crippen MR) is 122 cm³/mol. The number of pyridine rings is 1. The van der Waals surface area contributed by atoms with Crippen LogP contribution in [0.3, 0.4) is 0 Å². The third-order valence-corrected chi connectivity index (χ3v) is 6.52. The number of amides is 2. The van der Waals surface area contributed by atoms with Crippen LogP contribution < -0.4 is 10.6 Å². The number of methoxy groups -OCH3 is 1. The molecular weight excluding hydrogens is 432 g/mol. The first kappa shape index (κ1) is 23.3. The number of nitrogens with one attached hydrogen (secondary N) is 2. The van der Waals surface area contributed by atoms with Gasteiger partial charge in [0, 0.05) is 55.1 Å². The Morgan fingerprint density at radius 3 is 2.38 bits per heavy atom. The fraction of sp³-hybridized carbons (Fsp3) is 0.227. The highest BCUT2D eigenvalue weighted by atomic mass is 32.2. The summed E-state index contributed by atoms with van der Waals surface area (Å²) >= 11 is 0. The molecule has 1 aromatic heterocycles. The monoisotopic (exact) mass is 456 g/mol. The Morgan fingerprint density at radius 2 is 1.72 bits per heavy atom. The lowest BCUT2D eigenvalue weighted by atomic mass is 10.2. The zero-order chi connectivity index (χ0) is 23.1. The fourth-order valence-corrected chi connectivity index (χ4v) is 4.73. The van der Waals surface area contributed by atoms with Gasteiger partial charge in [0.15, 0.2) is 0 Å². The van der Waals surface area contributed by atoms with E-state index >= 15 is 0 Å². The molecule has 0 radical (unpaired) electrons. The lowest BCUT2D eigenvalue weighted by Gasteiger charge is -2.22. The van der Waals surface area contributed by atoms with E-state index in [2.05, 4.69) is 15.6 Å². The van der Waals surface area contributed by atoms with Crippen LogP contribution in [0.1, 0.15) is 6.92 Å². The van der Waals surface area contributed by atoms with E-state index in [0.717, 1.165) is 4.31 Å². The van der Waals surface area contributed by atoms with Crippen LogP contribution in [0.25, 0.3) is 10.8 Å². The summed E-state index contributed by atoms with van der Waals surface area (Å²) in [7, 11) is -2.53. The summed E-state index contributed by atoms with van der Waals surface area (Å²) in [6.07, 6.45) is 3.11. The summed E-state index contributed by atoms with van der Waals surface area (Å²) in [6, 6.07) is 13.1. The van der Waals surface area contributed by atoms with E-state index in [9.17, 15) is 18.0 Å². The lowest BCUT2D eigenvalue weighted by Crippen LogP contribution is -2.40. The van der Waals surface area contributed by atoms with Crippen LogP contribution in [0.4, 0.5) is 11.4 Å². The highest BCUT2D eigenvalue weighted by molar-refractivity contribution is 7.89. The van der Waals surface area contributed by atoms with Gasteiger partial charge in [-0.2, -0.15) is 4.31 Å². The van der Waals surface area contributed by atoms with Crippen LogP contribution in [0.2, 0.25) is 0 Å². The van der Waals surface area contributed by atoms with Gasteiger partial charge in [-0.3, -0.25) is 14.6 Å². The molecule has 0 bridgehead atoms. The van der Waals surface area contributed by atoms with Crippen molar-refractivity contribution in [3.8, 4) is 0 Å². The molecule has 0 spiro atoms. The first-order chi connectivity index (χ1) is 15.3. The van der Waals surface area contributed by atoms with Crippen molar-refractivity contribution in [1.82, 2.24) is 9.29 Å². The molecule has 2 N–H and O–H groups in total. The number of sulfonamides is 1. The summed E-state index contributed by atoms with van der Waals surface area (Å²) in [6.45, 7) is 1.15. The maximum Gasteiger partial charge on any atom is 0.244 e. The van der Waals surface area contributed by atoms with E-state index in [1.165, 1.54) is 26.3 Å². The van der Waals surface area contributed by atoms with Gasteiger partial charge in [-0.1, -0.05) is 12.1 Å². The summed E-state index contributed by atoms with van der Waals surface area (Å²) in [5.74, 6) is -0.705. The van der Waals surface area contributed by atoms with Gasteiger partial charge in [0.1, 0.15) is 0 Å². The maximum absolute atomic E-state index is 13.4. The molecule has 2 aromatic carbocycles. The number of carbonyl (C=O) groups excluding carboxylic acids is 2. The summed E-state index contributed by atoms with van der Waals surface area (Å²) < 4.78 is 33.0. The molecule has 0 aliphatic rings. The number of hydrogen-bond acceptors (Lipinski definition) is 6. The minimum atomic E-state index is -3.99. The number of ether oxygens (including phenoxy) is 1. The first-order valence-corrected chi connectivity index (χ1v) is 11.2. The van der Waals surface area contributed by atoms with Gasteiger partial charge in [0.05, 0.1) is 18.0 Å². The Labute approximate surface area is 186 Å². The fourth-order valence-electron chi connectivity index (χ4n) is 3.14. The minimum Gasteiger partial charge on any atom is -0.383 e. The van der Waals surface area contributed by atoms with Gasteiger partial charge < -0.3 is 15.4 Å². The number of fused-ring (bicyclic) bond motifs is 1. The van der Waals surface area contributed by atoms with Crippen molar-refractivity contribution in [1.29, 1.82) is 0 Å². The molecule has 32 heavy (non-hydrogen) atoms. The second-order valence-corrected chi connectivity index (χ2v) is 8.90. The average molecular weight is 457 g/mol. The van der Waals surface area contributed by atoms with Gasteiger partial charge in [-0.25, -0.2) is 8.42 Å². The topological polar surface area (TPSA) is 118 Å². The Morgan fingerprint density at radius 1 is 1.03 bits per heavy atom. The van der Waals surface area contributed by atoms with Crippen molar-refractivity contribution >= 4 is 44.0 Å². The van der Waals surface area contributed by atoms with Crippen molar-refractivity contribution < 1.29 is 22.7 Å². The maximum atomic E-state index is 13.4. The van der Waals surface area contributed by atoms with Crippen molar-refractivity contribution in [3.05, 3.63) is 60.9 Å². The number of carbonyl (C=O) groups is 2. The highest BCUT2D eigenvalue weighted by Gasteiger charge is 2.28. The average Bonchev–Trinajstić information content (AvgIpc) is 2.77. The quantitative estimate of drug-likeness (QED) is 0.511. The molecular formula is C22H24N4O5S. The molecule has 0 aliphatic heterocycles. The normalized spacial score (nSPS) is 11.5. The van der Waals surface area contributed by atoms with Gasteiger partial charge in [0.25, 0.3) is 0 Å². The number of benzene rings is 2. The molecule has 0 saturated carbocycles. The summed E-state index contributed by atoms with van der Waals surface area (Å²) in [5.41, 5.74) is 1.06. The molecule has 0 fully saturated rings. The van der Waals surface area contributed by atoms with Crippen molar-refractivity contribution in [2.24, 2.45) is 0 Å². The number of hydrogen-bond donors (Lipinski definition) is 2. The number of aromatic nitrogens is 1. The van der Waals surface area contributed by atoms with Crippen molar-refractivity contribution in [2.45, 2.75) is 11.8 Å². The zero-order valence-electron chi connectivity index (χ0n) is 17.7. The largest absolute Gasteiger partial charge is 0.383 e. The van der Waals surface area contributed by atoms with E-state index < -0.39 is 15.9 Å². The van der Waals surface area contributed by atoms with Crippen LogP contribution in [-0.4, -0.2) is 56.3 Å². The second-order valence-electron chi connectivity index (χ2n) is 6.99. The van der Waals surface area contributed by atoms with E-state index in [0.29, 0.717) is 22.1 Å². The third-order valence-electron chi connectivity index (χ3n) is 4.61. The van der Waals surface area contributed by atoms with E-state index in [-0.39, 0.29) is 30.5 Å². The Bertz CT molecular complexity index is 1210. The van der Waals surface area contributed by atoms with E-state index in [1.54, 1.807) is 48.7 Å². The minimum absolute atomic E-state index is 0.00912. The molecule has 1 heterocycles. The number of rotatable bonds is 9. The van der Waals surface area contributed by atoms with Gasteiger partial charge in [0.2, 0.25) is 21.8 Å². The zero-order valence-corrected chi connectivity index (χ0v) is 18.6. The SMILES string of the molecule is COCCN(CC(=O)Nc1ccc(NC(C)=O)cc1)S(=O)(=O)c1cccc2cnccc12. The predicted octanol–water partition coefficient (Wildman–Crippen LogP) is 2.47. The Balaban J connectivity index is 1.81. The molecule has 3 rings (SSSR count). The van der Waals surface area contributed by atoms with E-state index in [1.807, 2.05) is 0 Å². The Hall–Kier alpha value is -3.34. The molecule has 0 atom stereocenters. The van der Waals surface area contributed by atoms with E-state index in [4.69, 9.17) is 4.74 Å². The molecule has 3 aromatic rings. The molecule has 0 saturated heterocycles. The van der Waals surface area contributed by atoms with Crippen LogP contribution >= 0.6 is 0 Å². The van der Waals surface area contributed by atoms with Crippen LogP contribution in [-0.2, 0) is 24.3 Å². The lowest BCUT2D eigenvalue weighted by molar-refractivity contribution is -0.116. The Kier molecular flexibility index (Phi) is 7.52. The molecule has 2 amide bonds. The standard InChI is InChI=1S/C22H24N4O5S/c1-16(27)24-18-6-8-19(9-7-18)25-22(28)15-26(12-13-31-2)32(29,30)21-5-3-4-17-14-23-11-10-20(17)21/h3-11,14H,12-13,15H2,1-2H3,(H,24,27)(H,25,28). The van der Waals surface area contributed by atoms with Gasteiger partial charge >= 0.3 is 0 Å². The smallest absolute Gasteiger partial charge is 0.244 e. The second kappa shape index (κ2) is 10.3. The number of nitrogens with zero attached hydrogens (tertiary/aromatic N) is 2. The summed E-state index contributed by atoms with van der Waals surface area (Å²) in [4.78, 5) is 27.9. The van der Waals surface area contributed by atoms with Gasteiger partial charge in [-0.05, 0) is 36.4 Å². The molecule has 9 nitrogen and oxygen atoms in total. The molecule has 168 valence electrons. The molecule has 0 unspecified atom stereocenters. The van der Waals surface area contributed by atoms with Crippen LogP contribution in [0.5, 0.6) is 0 Å². The molecule has 0 aliphatic carbocycles. The van der Waals surface area contributed by atoms with Crippen LogP contribution in [0, 0.1) is 0 Å². The van der Waals surface area contributed by atoms with Crippen molar-refractivity contribution in [3.63, 3.8) is 0 Å².